The van der Waals surface area contributed by atoms with E-state index in [1.54, 1.807) is 27.7 Å². The zero-order valence-electron chi connectivity index (χ0n) is 15.3. The highest BCUT2D eigenvalue weighted by Gasteiger charge is 2.62. The van der Waals surface area contributed by atoms with Gasteiger partial charge in [0.05, 0.1) is 0 Å². The fourth-order valence-corrected chi connectivity index (χ4v) is 3.61. The summed E-state index contributed by atoms with van der Waals surface area (Å²) in [6, 6.07) is 3.08. The Morgan fingerprint density at radius 3 is 2.26 bits per heavy atom. The fraction of sp³-hybridized carbons (Fsp3) is 0.611. The number of carbonyl (C=O) groups is 1. The van der Waals surface area contributed by atoms with Gasteiger partial charge in [-0.25, -0.2) is 8.78 Å². The van der Waals surface area contributed by atoms with Crippen molar-refractivity contribution in [2.24, 2.45) is 0 Å². The van der Waals surface area contributed by atoms with Gasteiger partial charge < -0.3 is 29.0 Å². The van der Waals surface area contributed by atoms with Gasteiger partial charge in [0.1, 0.15) is 18.3 Å². The molecule has 27 heavy (non-hydrogen) atoms. The number of halogens is 2. The molecule has 0 radical (unpaired) electrons. The molecule has 1 N–H and O–H groups in total. The van der Waals surface area contributed by atoms with Crippen LogP contribution < -0.4 is 5.32 Å². The number of hydrogen-bond acceptors (Lipinski definition) is 6. The lowest BCUT2D eigenvalue weighted by atomic mass is 9.98. The highest BCUT2D eigenvalue weighted by Crippen LogP contribution is 2.44. The molecular weight excluding hydrogens is 364 g/mol. The molecule has 9 heteroatoms. The van der Waals surface area contributed by atoms with Crippen molar-refractivity contribution in [3.05, 3.63) is 29.8 Å². The van der Waals surface area contributed by atoms with Crippen LogP contribution in [0, 0.1) is 11.6 Å². The Balaban J connectivity index is 1.57. The Labute approximate surface area is 154 Å². The number of carbonyl (C=O) groups excluding carboxylic acids is 1. The normalized spacial score (nSPS) is 36.1. The van der Waals surface area contributed by atoms with E-state index in [2.05, 4.69) is 5.32 Å². The number of rotatable bonds is 2. The minimum Gasteiger partial charge on any atom is -0.342 e. The van der Waals surface area contributed by atoms with Gasteiger partial charge in [-0.1, -0.05) is 0 Å². The first-order chi connectivity index (χ1) is 12.5. The first-order valence-electron chi connectivity index (χ1n) is 8.67. The van der Waals surface area contributed by atoms with Crippen molar-refractivity contribution in [1.82, 2.24) is 0 Å². The predicted molar refractivity (Wildman–Crippen MR) is 87.5 cm³/mol. The molecule has 0 aliphatic carbocycles. The van der Waals surface area contributed by atoms with Crippen LogP contribution in [0.3, 0.4) is 0 Å². The molecule has 0 saturated carbocycles. The van der Waals surface area contributed by atoms with Gasteiger partial charge in [-0.3, -0.25) is 4.79 Å². The van der Waals surface area contributed by atoms with Crippen LogP contribution in [0.25, 0.3) is 0 Å². The summed E-state index contributed by atoms with van der Waals surface area (Å²) in [4.78, 5) is 12.8. The van der Waals surface area contributed by atoms with Crippen molar-refractivity contribution < 1.29 is 37.3 Å². The van der Waals surface area contributed by atoms with Crippen molar-refractivity contribution in [2.75, 3.05) is 5.32 Å². The maximum absolute atomic E-state index is 13.4. The third-order valence-electron chi connectivity index (χ3n) is 4.60. The van der Waals surface area contributed by atoms with E-state index in [9.17, 15) is 13.6 Å². The van der Waals surface area contributed by atoms with Crippen LogP contribution in [0.4, 0.5) is 14.5 Å². The average molecular weight is 385 g/mol. The van der Waals surface area contributed by atoms with E-state index in [1.165, 1.54) is 6.07 Å². The Morgan fingerprint density at radius 1 is 0.926 bits per heavy atom. The van der Waals surface area contributed by atoms with Gasteiger partial charge in [0.15, 0.2) is 35.6 Å². The van der Waals surface area contributed by atoms with Crippen LogP contribution in [0.15, 0.2) is 18.2 Å². The molecule has 0 aromatic heterocycles. The van der Waals surface area contributed by atoms with Crippen molar-refractivity contribution in [2.45, 2.75) is 70.0 Å². The van der Waals surface area contributed by atoms with E-state index in [4.69, 9.17) is 23.7 Å². The summed E-state index contributed by atoms with van der Waals surface area (Å²) in [6.07, 6.45) is -3.78. The van der Waals surface area contributed by atoms with Crippen molar-refractivity contribution in [3.63, 3.8) is 0 Å². The van der Waals surface area contributed by atoms with Crippen LogP contribution in [0.2, 0.25) is 0 Å². The molecule has 0 unspecified atom stereocenters. The van der Waals surface area contributed by atoms with Crippen LogP contribution in [-0.4, -0.2) is 48.2 Å². The fourth-order valence-electron chi connectivity index (χ4n) is 3.61. The van der Waals surface area contributed by atoms with Gasteiger partial charge >= 0.3 is 0 Å². The highest BCUT2D eigenvalue weighted by atomic mass is 19.2. The van der Waals surface area contributed by atoms with Crippen molar-refractivity contribution in [1.29, 1.82) is 0 Å². The number of hydrogen-bond donors (Lipinski definition) is 1. The lowest BCUT2D eigenvalue weighted by Crippen LogP contribution is -2.58. The quantitative estimate of drug-likeness (QED) is 0.842. The van der Waals surface area contributed by atoms with Gasteiger partial charge in [0, 0.05) is 11.8 Å². The van der Waals surface area contributed by atoms with Gasteiger partial charge in [0.25, 0.3) is 5.91 Å². The molecule has 0 bridgehead atoms. The van der Waals surface area contributed by atoms with E-state index >= 15 is 0 Å². The largest absolute Gasteiger partial charge is 0.342 e. The first-order valence-corrected chi connectivity index (χ1v) is 8.67. The lowest BCUT2D eigenvalue weighted by Gasteiger charge is -2.36. The zero-order valence-corrected chi connectivity index (χ0v) is 15.3. The zero-order chi connectivity index (χ0) is 19.6. The molecule has 1 amide bonds. The van der Waals surface area contributed by atoms with Crippen molar-refractivity contribution in [3.8, 4) is 0 Å². The molecule has 3 fully saturated rings. The average Bonchev–Trinajstić information content (AvgIpc) is 3.04. The third-order valence-corrected chi connectivity index (χ3v) is 4.60. The van der Waals surface area contributed by atoms with Gasteiger partial charge in [-0.15, -0.1) is 0 Å². The maximum Gasteiger partial charge on any atom is 0.256 e. The van der Waals surface area contributed by atoms with Crippen molar-refractivity contribution >= 4 is 11.6 Å². The summed E-state index contributed by atoms with van der Waals surface area (Å²) < 4.78 is 55.7. The van der Waals surface area contributed by atoms with E-state index in [0.717, 1.165) is 12.1 Å². The number of amides is 1. The number of fused-ring (bicyclic) bond motifs is 3. The topological polar surface area (TPSA) is 75.3 Å². The van der Waals surface area contributed by atoms with E-state index in [1.807, 2.05) is 0 Å². The van der Waals surface area contributed by atoms with Gasteiger partial charge in [-0.2, -0.15) is 0 Å². The van der Waals surface area contributed by atoms with E-state index in [-0.39, 0.29) is 5.69 Å². The Hall–Kier alpha value is -1.65. The van der Waals surface area contributed by atoms with E-state index < -0.39 is 59.8 Å². The van der Waals surface area contributed by atoms with Crippen LogP contribution in [-0.2, 0) is 28.5 Å². The van der Waals surface area contributed by atoms with Gasteiger partial charge in [-0.05, 0) is 39.8 Å². The Morgan fingerprint density at radius 2 is 1.56 bits per heavy atom. The number of anilines is 1. The minimum absolute atomic E-state index is 0.100. The Kier molecular flexibility index (Phi) is 4.28. The molecule has 1 aromatic carbocycles. The lowest BCUT2D eigenvalue weighted by molar-refractivity contribution is -0.229. The Bertz CT molecular complexity index is 770. The smallest absolute Gasteiger partial charge is 0.256 e. The summed E-state index contributed by atoms with van der Waals surface area (Å²) >= 11 is 0. The number of benzene rings is 1. The monoisotopic (exact) mass is 385 g/mol. The summed E-state index contributed by atoms with van der Waals surface area (Å²) in [5, 5.41) is 2.52. The summed E-state index contributed by atoms with van der Waals surface area (Å²) in [5.74, 6) is -4.49. The van der Waals surface area contributed by atoms with Gasteiger partial charge in [0.2, 0.25) is 0 Å². The number of ether oxygens (including phenoxy) is 5. The third kappa shape index (κ3) is 3.45. The molecule has 5 atom stereocenters. The van der Waals surface area contributed by atoms with Crippen LogP contribution in [0.5, 0.6) is 0 Å². The molecule has 7 nitrogen and oxygen atoms in total. The molecule has 3 heterocycles. The van der Waals surface area contributed by atoms with Crippen LogP contribution in [0.1, 0.15) is 27.7 Å². The first kappa shape index (κ1) is 18.7. The minimum atomic E-state index is -1.08. The van der Waals surface area contributed by atoms with Crippen LogP contribution >= 0.6 is 0 Å². The van der Waals surface area contributed by atoms with E-state index in [0.29, 0.717) is 0 Å². The summed E-state index contributed by atoms with van der Waals surface area (Å²) in [6.45, 7) is 6.93. The molecule has 4 rings (SSSR count). The molecule has 148 valence electrons. The highest BCUT2D eigenvalue weighted by molar-refractivity contribution is 5.94. The maximum atomic E-state index is 13.4. The standard InChI is InChI=1S/C18H21F2NO6/c1-17(2)24-11-12(25-17)14-16(27-18(3,4)26-14)23-13(11)15(22)21-8-5-6-9(19)10(20)7-8/h5-7,11-14,16H,1-4H3,(H,21,22)/t11-,12+,13+,14-,16+/m1/s1. The molecule has 0 spiro atoms. The summed E-state index contributed by atoms with van der Waals surface area (Å²) in [5.41, 5.74) is 0.100. The second kappa shape index (κ2) is 6.18. The summed E-state index contributed by atoms with van der Waals surface area (Å²) in [7, 11) is 0. The molecule has 3 saturated heterocycles. The number of nitrogens with one attached hydrogen (secondary N) is 1. The second-order valence-electron chi connectivity index (χ2n) is 7.71. The molecular formula is C18H21F2NO6. The second-order valence-corrected chi connectivity index (χ2v) is 7.71. The SMILES string of the molecule is CC1(C)O[C@H]2[C@@H](O1)[C@@H](C(=O)Nc1ccc(F)c(F)c1)O[C@H]1OC(C)(C)O[C@@H]12. The molecule has 1 aromatic rings. The molecule has 3 aliphatic rings. The predicted octanol–water partition coefficient (Wildman–Crippen LogP) is 2.30. The molecule has 3 aliphatic heterocycles.